The second kappa shape index (κ2) is 8.46. The molecule has 0 unspecified atom stereocenters. The normalized spacial score (nSPS) is 23.8. The van der Waals surface area contributed by atoms with E-state index in [4.69, 9.17) is 4.74 Å². The number of nitrogens with zero attached hydrogens (tertiary/aromatic N) is 2. The number of aromatic amines is 1. The highest BCUT2D eigenvalue weighted by Gasteiger charge is 2.33. The second-order valence-electron chi connectivity index (χ2n) is 6.90. The first-order valence-corrected chi connectivity index (χ1v) is 9.09. The number of likely N-dealkylation sites (tertiary alicyclic amines) is 1. The molecule has 0 radical (unpaired) electrons. The van der Waals surface area contributed by atoms with Crippen LogP contribution in [-0.4, -0.2) is 78.6 Å². The van der Waals surface area contributed by atoms with Crippen molar-refractivity contribution in [3.63, 3.8) is 0 Å². The number of carbonyl (C=O) groups excluding carboxylic acids is 2. The Morgan fingerprint density at radius 1 is 1.27 bits per heavy atom. The van der Waals surface area contributed by atoms with Gasteiger partial charge < -0.3 is 19.9 Å². The van der Waals surface area contributed by atoms with E-state index in [0.29, 0.717) is 44.8 Å². The van der Waals surface area contributed by atoms with Crippen molar-refractivity contribution in [2.75, 3.05) is 39.9 Å². The third-order valence-corrected chi connectivity index (χ3v) is 5.29. The molecule has 26 heavy (non-hydrogen) atoms. The van der Waals surface area contributed by atoms with E-state index >= 15 is 0 Å². The minimum atomic E-state index is -0.294. The quantitative estimate of drug-likeness (QED) is 0.758. The molecule has 0 spiro atoms. The van der Waals surface area contributed by atoms with Crippen molar-refractivity contribution < 1.29 is 14.3 Å². The number of pyridine rings is 1. The molecule has 2 aliphatic rings. The molecule has 1 aromatic heterocycles. The highest BCUT2D eigenvalue weighted by atomic mass is 16.5. The Morgan fingerprint density at radius 3 is 2.73 bits per heavy atom. The maximum Gasteiger partial charge on any atom is 0.251 e. The fourth-order valence-corrected chi connectivity index (χ4v) is 3.62. The number of nitrogens with one attached hydrogen (secondary N) is 2. The fraction of sp³-hybridized carbons (Fsp3) is 0.611. The van der Waals surface area contributed by atoms with Gasteiger partial charge in [-0.2, -0.15) is 0 Å². The smallest absolute Gasteiger partial charge is 0.251 e. The van der Waals surface area contributed by atoms with Crippen LogP contribution in [-0.2, 0) is 9.53 Å². The van der Waals surface area contributed by atoms with Crippen molar-refractivity contribution in [2.24, 2.45) is 0 Å². The number of H-pyrrole nitrogens is 1. The zero-order chi connectivity index (χ0) is 18.5. The van der Waals surface area contributed by atoms with E-state index in [2.05, 4.69) is 15.2 Å². The van der Waals surface area contributed by atoms with Crippen LogP contribution < -0.4 is 10.9 Å². The molecule has 2 N–H and O–H groups in total. The van der Waals surface area contributed by atoms with Crippen molar-refractivity contribution in [3.05, 3.63) is 34.2 Å². The van der Waals surface area contributed by atoms with Crippen LogP contribution in [0.15, 0.2) is 23.1 Å². The Hall–Kier alpha value is -2.19. The third kappa shape index (κ3) is 4.50. The lowest BCUT2D eigenvalue weighted by Gasteiger charge is -2.30. The number of amides is 2. The van der Waals surface area contributed by atoms with Gasteiger partial charge in [0.1, 0.15) is 0 Å². The van der Waals surface area contributed by atoms with Gasteiger partial charge in [-0.15, -0.1) is 0 Å². The molecule has 8 heteroatoms. The summed E-state index contributed by atoms with van der Waals surface area (Å²) in [5.74, 6) is -0.0734. The van der Waals surface area contributed by atoms with Gasteiger partial charge in [-0.3, -0.25) is 19.3 Å². The van der Waals surface area contributed by atoms with E-state index < -0.39 is 0 Å². The molecule has 1 aromatic rings. The molecular weight excluding hydrogens is 336 g/mol. The summed E-state index contributed by atoms with van der Waals surface area (Å²) >= 11 is 0. The van der Waals surface area contributed by atoms with Gasteiger partial charge in [0, 0.05) is 56.0 Å². The molecule has 8 nitrogen and oxygen atoms in total. The standard InChI is InChI=1S/C18H26N4O4/c1-21-14(11-17(24)22-6-8-26-9-7-22)2-3-15(21)12-20-18(25)13-4-5-19-16(23)10-13/h4-5,10,14-15H,2-3,6-9,11-12H2,1H3,(H,19,23)(H,20,25)/t14-,15+/m1/s1. The summed E-state index contributed by atoms with van der Waals surface area (Å²) in [6.45, 7) is 3.08. The molecule has 0 aromatic carbocycles. The maximum atomic E-state index is 12.4. The average Bonchev–Trinajstić information content (AvgIpc) is 3.00. The van der Waals surface area contributed by atoms with Gasteiger partial charge in [0.25, 0.3) is 5.91 Å². The van der Waals surface area contributed by atoms with E-state index in [1.165, 1.54) is 12.3 Å². The lowest BCUT2D eigenvalue weighted by molar-refractivity contribution is -0.136. The van der Waals surface area contributed by atoms with Crippen LogP contribution in [0.5, 0.6) is 0 Å². The molecule has 2 atom stereocenters. The number of rotatable bonds is 5. The summed E-state index contributed by atoms with van der Waals surface area (Å²) in [5, 5.41) is 2.89. The molecule has 3 rings (SSSR count). The van der Waals surface area contributed by atoms with Crippen molar-refractivity contribution in [1.29, 1.82) is 0 Å². The predicted molar refractivity (Wildman–Crippen MR) is 96.0 cm³/mol. The van der Waals surface area contributed by atoms with Gasteiger partial charge in [0.05, 0.1) is 13.2 Å². The molecule has 0 saturated carbocycles. The summed E-state index contributed by atoms with van der Waals surface area (Å²) < 4.78 is 5.29. The maximum absolute atomic E-state index is 12.4. The first-order chi connectivity index (χ1) is 12.5. The van der Waals surface area contributed by atoms with Crippen molar-refractivity contribution in [3.8, 4) is 0 Å². The van der Waals surface area contributed by atoms with Crippen LogP contribution in [0.2, 0.25) is 0 Å². The van der Waals surface area contributed by atoms with Crippen molar-refractivity contribution in [1.82, 2.24) is 20.1 Å². The second-order valence-corrected chi connectivity index (χ2v) is 6.90. The molecule has 142 valence electrons. The number of ether oxygens (including phenoxy) is 1. The molecule has 2 amide bonds. The van der Waals surface area contributed by atoms with E-state index in [1.807, 2.05) is 11.9 Å². The van der Waals surface area contributed by atoms with E-state index in [1.54, 1.807) is 6.07 Å². The molecule has 2 aliphatic heterocycles. The zero-order valence-corrected chi connectivity index (χ0v) is 15.1. The lowest BCUT2D eigenvalue weighted by atomic mass is 10.1. The van der Waals surface area contributed by atoms with Crippen LogP contribution >= 0.6 is 0 Å². The van der Waals surface area contributed by atoms with E-state index in [0.717, 1.165) is 12.8 Å². The molecule has 0 bridgehead atoms. The zero-order valence-electron chi connectivity index (χ0n) is 15.1. The number of likely N-dealkylation sites (N-methyl/N-ethyl adjacent to an activating group) is 1. The van der Waals surface area contributed by atoms with Crippen LogP contribution in [0.25, 0.3) is 0 Å². The average molecular weight is 362 g/mol. The monoisotopic (exact) mass is 362 g/mol. The Bertz CT molecular complexity index is 698. The fourth-order valence-electron chi connectivity index (χ4n) is 3.62. The molecule has 0 aliphatic carbocycles. The van der Waals surface area contributed by atoms with Gasteiger partial charge in [-0.1, -0.05) is 0 Å². The first-order valence-electron chi connectivity index (χ1n) is 9.09. The summed E-state index contributed by atoms with van der Waals surface area (Å²) in [7, 11) is 2.01. The van der Waals surface area contributed by atoms with Gasteiger partial charge in [0.2, 0.25) is 11.5 Å². The van der Waals surface area contributed by atoms with Gasteiger partial charge in [-0.25, -0.2) is 0 Å². The SMILES string of the molecule is CN1[C@@H](CC(=O)N2CCOCC2)CC[C@H]1CNC(=O)c1cc[nH]c(=O)c1. The summed E-state index contributed by atoms with van der Waals surface area (Å²) in [5.41, 5.74) is 0.0609. The predicted octanol–water partition coefficient (Wildman–Crippen LogP) is -0.184. The summed E-state index contributed by atoms with van der Waals surface area (Å²) in [4.78, 5) is 42.5. The number of hydrogen-bond donors (Lipinski definition) is 2. The van der Waals surface area contributed by atoms with Gasteiger partial charge in [-0.05, 0) is 26.0 Å². The minimum absolute atomic E-state index is 0.179. The topological polar surface area (TPSA) is 94.7 Å². The molecular formula is C18H26N4O4. The Kier molecular flexibility index (Phi) is 6.05. The number of hydrogen-bond acceptors (Lipinski definition) is 5. The number of carbonyl (C=O) groups is 2. The van der Waals surface area contributed by atoms with E-state index in [-0.39, 0.29) is 29.5 Å². The van der Waals surface area contributed by atoms with Crippen molar-refractivity contribution >= 4 is 11.8 Å². The highest BCUT2D eigenvalue weighted by molar-refractivity contribution is 5.93. The Balaban J connectivity index is 1.47. The van der Waals surface area contributed by atoms with Gasteiger partial charge >= 0.3 is 0 Å². The molecule has 3 heterocycles. The van der Waals surface area contributed by atoms with Crippen LogP contribution in [0.4, 0.5) is 0 Å². The highest BCUT2D eigenvalue weighted by Crippen LogP contribution is 2.25. The summed E-state index contributed by atoms with van der Waals surface area (Å²) in [6.07, 6.45) is 3.85. The Labute approximate surface area is 152 Å². The lowest BCUT2D eigenvalue weighted by Crippen LogP contribution is -2.45. The van der Waals surface area contributed by atoms with E-state index in [9.17, 15) is 14.4 Å². The minimum Gasteiger partial charge on any atom is -0.378 e. The number of morpholine rings is 1. The van der Waals surface area contributed by atoms with Crippen LogP contribution in [0.3, 0.4) is 0 Å². The number of aromatic nitrogens is 1. The van der Waals surface area contributed by atoms with Crippen LogP contribution in [0.1, 0.15) is 29.6 Å². The molecule has 2 fully saturated rings. The molecule has 2 saturated heterocycles. The van der Waals surface area contributed by atoms with Crippen LogP contribution in [0, 0.1) is 0 Å². The first kappa shape index (κ1) is 18.6. The Morgan fingerprint density at radius 2 is 2.00 bits per heavy atom. The summed E-state index contributed by atoms with van der Waals surface area (Å²) in [6, 6.07) is 3.27. The third-order valence-electron chi connectivity index (χ3n) is 5.29. The largest absolute Gasteiger partial charge is 0.378 e. The van der Waals surface area contributed by atoms with Crippen molar-refractivity contribution in [2.45, 2.75) is 31.3 Å². The van der Waals surface area contributed by atoms with Gasteiger partial charge in [0.15, 0.2) is 0 Å².